The van der Waals surface area contributed by atoms with E-state index < -0.39 is 23.8 Å². The molecule has 5 saturated heterocycles. The lowest BCUT2D eigenvalue weighted by molar-refractivity contribution is -0.154. The van der Waals surface area contributed by atoms with Crippen LogP contribution in [-0.2, 0) is 63.8 Å². The summed E-state index contributed by atoms with van der Waals surface area (Å²) >= 11 is 0. The molecule has 2 amide bonds. The van der Waals surface area contributed by atoms with Gasteiger partial charge in [-0.15, -0.1) is 0 Å². The molecule has 4 bridgehead atoms. The summed E-state index contributed by atoms with van der Waals surface area (Å²) in [4.78, 5) is 50.4. The molecular weight excluding hydrogens is 688 g/mol. The number of amides is 2. The molecule has 0 saturated carbocycles. The first-order chi connectivity index (χ1) is 26.0. The van der Waals surface area contributed by atoms with Crippen molar-refractivity contribution in [2.75, 3.05) is 40.4 Å². The Bertz CT molecular complexity index is 1570. The Labute approximate surface area is 320 Å². The Morgan fingerprint density at radius 3 is 1.43 bits per heavy atom. The number of rotatable bonds is 8. The molecule has 0 radical (unpaired) electrons. The number of carbonyl (C=O) groups excluding carboxylic acids is 4. The molecule has 296 valence electrons. The van der Waals surface area contributed by atoms with Gasteiger partial charge in [-0.3, -0.25) is 30.0 Å². The minimum atomic E-state index is -1.00. The Balaban J connectivity index is 0.000000172. The standard InChI is InChI=1S/C20H26N2O3.C16H22O4.C6H12N2O/c1-4-13-8-12(3)9-14(5-2)17(13)18-19(23)21-10-15-6-7-16(25-15)11-22(21)20(18)24;1-6-11-8-10(3)9-12(7-2)13(11)14(15(17)19-4)16(18)20-5;1-2-6-4-8-7-3-5(1)9-6/h8-9,15-16,18H,4-7,10-11H2,1-3H3;8-9,14H,6-7H2,1-5H3;5-8H,1-4H2. The Hall–Kier alpha value is -3.84. The van der Waals surface area contributed by atoms with E-state index in [1.807, 2.05) is 32.9 Å². The smallest absolute Gasteiger partial charge is 0.324 e. The molecule has 2 N–H and O–H groups in total. The molecule has 0 aromatic heterocycles. The molecule has 5 aliphatic rings. The van der Waals surface area contributed by atoms with Crippen molar-refractivity contribution in [1.29, 1.82) is 0 Å². The summed E-state index contributed by atoms with van der Waals surface area (Å²) in [5, 5.41) is 3.32. The summed E-state index contributed by atoms with van der Waals surface area (Å²) in [5.74, 6) is -2.99. The highest BCUT2D eigenvalue weighted by Crippen LogP contribution is 2.38. The molecule has 2 aromatic carbocycles. The average molecular weight is 749 g/mol. The van der Waals surface area contributed by atoms with Crippen LogP contribution in [0.4, 0.5) is 0 Å². The van der Waals surface area contributed by atoms with Crippen LogP contribution in [0.5, 0.6) is 0 Å². The van der Waals surface area contributed by atoms with Gasteiger partial charge in [-0.25, -0.2) is 10.0 Å². The topological polar surface area (TPSA) is 136 Å². The fourth-order valence-corrected chi connectivity index (χ4v) is 8.54. The number of carbonyl (C=O) groups is 4. The molecule has 4 unspecified atom stereocenters. The van der Waals surface area contributed by atoms with Crippen LogP contribution >= 0.6 is 0 Å². The lowest BCUT2D eigenvalue weighted by atomic mass is 9.85. The summed E-state index contributed by atoms with van der Waals surface area (Å²) in [7, 11) is 2.56. The minimum Gasteiger partial charge on any atom is -0.468 e. The third-order valence-electron chi connectivity index (χ3n) is 11.2. The van der Waals surface area contributed by atoms with Crippen LogP contribution in [0.2, 0.25) is 0 Å². The lowest BCUT2D eigenvalue weighted by Crippen LogP contribution is -2.45. The van der Waals surface area contributed by atoms with Gasteiger partial charge in [0, 0.05) is 13.1 Å². The zero-order chi connectivity index (χ0) is 39.1. The van der Waals surface area contributed by atoms with Gasteiger partial charge >= 0.3 is 11.9 Å². The van der Waals surface area contributed by atoms with Gasteiger partial charge in [0.05, 0.1) is 51.7 Å². The predicted molar refractivity (Wildman–Crippen MR) is 205 cm³/mol. The SMILES string of the molecule is C1CC2CNNCC1O2.CCc1cc(C)cc(CC)c1C(C(=O)OC)C(=O)OC.CCc1cc(C)cc(CC)c1C1C(=O)N2CC3CCC(CN2C1=O)O3. The highest BCUT2D eigenvalue weighted by Gasteiger charge is 2.51. The number of aryl methyl sites for hydroxylation is 6. The number of nitrogens with zero attached hydrogens (tertiary/aromatic N) is 2. The van der Waals surface area contributed by atoms with Gasteiger partial charge in [0.15, 0.2) is 5.92 Å². The number of hydrazine groups is 2. The first-order valence-corrected chi connectivity index (χ1v) is 19.8. The van der Waals surface area contributed by atoms with Crippen molar-refractivity contribution >= 4 is 23.8 Å². The van der Waals surface area contributed by atoms with E-state index in [1.165, 1.54) is 32.6 Å². The molecule has 12 heteroatoms. The summed E-state index contributed by atoms with van der Waals surface area (Å²) < 4.78 is 21.1. The number of fused-ring (bicyclic) bond motifs is 5. The minimum absolute atomic E-state index is 0.0693. The van der Waals surface area contributed by atoms with Crippen LogP contribution in [0.15, 0.2) is 24.3 Å². The van der Waals surface area contributed by atoms with Crippen LogP contribution in [0.25, 0.3) is 0 Å². The summed E-state index contributed by atoms with van der Waals surface area (Å²) in [6, 6.07) is 8.27. The van der Waals surface area contributed by atoms with Crippen molar-refractivity contribution in [2.24, 2.45) is 0 Å². The third kappa shape index (κ3) is 8.99. The Morgan fingerprint density at radius 2 is 1.04 bits per heavy atom. The maximum atomic E-state index is 13.2. The quantitative estimate of drug-likeness (QED) is 0.293. The largest absolute Gasteiger partial charge is 0.468 e. The number of methoxy groups -OCH3 is 2. The number of benzene rings is 2. The van der Waals surface area contributed by atoms with Gasteiger partial charge in [-0.2, -0.15) is 0 Å². The first-order valence-electron chi connectivity index (χ1n) is 19.8. The van der Waals surface area contributed by atoms with E-state index in [0.29, 0.717) is 25.3 Å². The van der Waals surface area contributed by atoms with Crippen LogP contribution in [0.1, 0.15) is 110 Å². The lowest BCUT2D eigenvalue weighted by Gasteiger charge is -2.27. The van der Waals surface area contributed by atoms with Crippen LogP contribution < -0.4 is 10.9 Å². The molecular formula is C42H60N4O8. The first kappa shape index (κ1) is 41.3. The van der Waals surface area contributed by atoms with Crippen LogP contribution in [0, 0.1) is 13.8 Å². The number of hydrogen-bond donors (Lipinski definition) is 2. The number of nitrogens with one attached hydrogen (secondary N) is 2. The van der Waals surface area contributed by atoms with E-state index >= 15 is 0 Å². The molecule has 0 aliphatic carbocycles. The summed E-state index contributed by atoms with van der Waals surface area (Å²) in [6.07, 6.45) is 8.67. The van der Waals surface area contributed by atoms with Gasteiger partial charge in [-0.05, 0) is 98.6 Å². The van der Waals surface area contributed by atoms with Gasteiger partial charge in [0.1, 0.15) is 5.92 Å². The number of esters is 2. The van der Waals surface area contributed by atoms with Crippen molar-refractivity contribution in [2.45, 2.75) is 129 Å². The fourth-order valence-electron chi connectivity index (χ4n) is 8.54. The van der Waals surface area contributed by atoms with Gasteiger partial charge in [-0.1, -0.05) is 63.1 Å². The van der Waals surface area contributed by atoms with Gasteiger partial charge in [0.25, 0.3) is 11.8 Å². The molecule has 4 atom stereocenters. The highest BCUT2D eigenvalue weighted by atomic mass is 16.5. The maximum absolute atomic E-state index is 13.2. The zero-order valence-electron chi connectivity index (χ0n) is 33.4. The second-order valence-corrected chi connectivity index (χ2v) is 14.8. The van der Waals surface area contributed by atoms with Crippen molar-refractivity contribution in [1.82, 2.24) is 20.9 Å². The average Bonchev–Trinajstić information content (AvgIpc) is 3.76. The van der Waals surface area contributed by atoms with E-state index in [-0.39, 0.29) is 24.0 Å². The predicted octanol–water partition coefficient (Wildman–Crippen LogP) is 4.54. The molecule has 5 fully saturated rings. The van der Waals surface area contributed by atoms with Crippen molar-refractivity contribution in [3.05, 3.63) is 68.8 Å². The Morgan fingerprint density at radius 1 is 0.667 bits per heavy atom. The normalized spacial score (nSPS) is 24.2. The Kier molecular flexibility index (Phi) is 14.3. The van der Waals surface area contributed by atoms with E-state index in [9.17, 15) is 19.2 Å². The van der Waals surface area contributed by atoms with Gasteiger partial charge < -0.3 is 18.9 Å². The van der Waals surface area contributed by atoms with Crippen LogP contribution in [-0.4, -0.2) is 98.6 Å². The molecule has 7 rings (SSSR count). The molecule has 5 aliphatic heterocycles. The second-order valence-electron chi connectivity index (χ2n) is 14.8. The maximum Gasteiger partial charge on any atom is 0.324 e. The molecule has 54 heavy (non-hydrogen) atoms. The third-order valence-corrected chi connectivity index (χ3v) is 11.2. The zero-order valence-corrected chi connectivity index (χ0v) is 33.4. The highest BCUT2D eigenvalue weighted by molar-refractivity contribution is 6.10. The summed E-state index contributed by atoms with van der Waals surface area (Å²) in [5.41, 5.74) is 14.4. The molecule has 2 aromatic rings. The van der Waals surface area contributed by atoms with Crippen molar-refractivity contribution in [3.8, 4) is 0 Å². The number of hydrogen-bond acceptors (Lipinski definition) is 10. The van der Waals surface area contributed by atoms with E-state index in [0.717, 1.165) is 90.6 Å². The van der Waals surface area contributed by atoms with Crippen molar-refractivity contribution in [3.63, 3.8) is 0 Å². The van der Waals surface area contributed by atoms with Crippen molar-refractivity contribution < 1.29 is 38.1 Å². The van der Waals surface area contributed by atoms with Crippen LogP contribution in [0.3, 0.4) is 0 Å². The molecule has 0 spiro atoms. The van der Waals surface area contributed by atoms with E-state index in [2.05, 4.69) is 43.8 Å². The summed E-state index contributed by atoms with van der Waals surface area (Å²) in [6.45, 7) is 15.2. The van der Waals surface area contributed by atoms with E-state index in [1.54, 1.807) is 10.0 Å². The molecule has 5 heterocycles. The second kappa shape index (κ2) is 18.7. The van der Waals surface area contributed by atoms with Gasteiger partial charge in [0.2, 0.25) is 0 Å². The monoisotopic (exact) mass is 748 g/mol. The number of ether oxygens (including phenoxy) is 4. The molecule has 12 nitrogen and oxygen atoms in total. The van der Waals surface area contributed by atoms with E-state index in [4.69, 9.17) is 18.9 Å². The fraction of sp³-hybridized carbons (Fsp3) is 0.619.